The first-order valence-corrected chi connectivity index (χ1v) is 7.21. The van der Waals surface area contributed by atoms with Crippen LogP contribution in [0.5, 0.6) is 17.4 Å². The number of aromatic hydroxyl groups is 1. The van der Waals surface area contributed by atoms with E-state index in [2.05, 4.69) is 42.1 Å². The summed E-state index contributed by atoms with van der Waals surface area (Å²) < 4.78 is 7.37. The third-order valence-corrected chi connectivity index (χ3v) is 4.46. The van der Waals surface area contributed by atoms with Crippen LogP contribution >= 0.6 is 43.5 Å². The molecule has 0 aliphatic heterocycles. The molecule has 1 N–H and O–H groups in total. The van der Waals surface area contributed by atoms with Crippen molar-refractivity contribution in [3.63, 3.8) is 0 Å². The minimum Gasteiger partial charge on any atom is -0.503 e. The van der Waals surface area contributed by atoms with Crippen LogP contribution in [0.3, 0.4) is 0 Å². The van der Waals surface area contributed by atoms with Gasteiger partial charge in [-0.15, -0.1) is 10.2 Å². The first-order chi connectivity index (χ1) is 8.90. The molecule has 19 heavy (non-hydrogen) atoms. The van der Waals surface area contributed by atoms with E-state index in [1.807, 2.05) is 19.9 Å². The minimum atomic E-state index is -0.160. The van der Waals surface area contributed by atoms with E-state index in [0.29, 0.717) is 5.75 Å². The summed E-state index contributed by atoms with van der Waals surface area (Å²) in [6.45, 7) is 3.83. The number of benzene rings is 1. The monoisotopic (exact) mass is 406 g/mol. The number of nitrogens with zero attached hydrogens (tertiary/aromatic N) is 2. The lowest BCUT2D eigenvalue weighted by Gasteiger charge is -2.13. The smallest absolute Gasteiger partial charge is 0.281 e. The van der Waals surface area contributed by atoms with Crippen LogP contribution in [0, 0.1) is 13.8 Å². The lowest BCUT2D eigenvalue weighted by atomic mass is 10.1. The van der Waals surface area contributed by atoms with Gasteiger partial charge in [0.25, 0.3) is 5.88 Å². The minimum absolute atomic E-state index is 0.00919. The number of aryl methyl sites for hydroxylation is 1. The summed E-state index contributed by atoms with van der Waals surface area (Å²) in [5, 5.41) is 17.2. The number of ether oxygens (including phenoxy) is 1. The van der Waals surface area contributed by atoms with Crippen LogP contribution in [0.1, 0.15) is 11.1 Å². The van der Waals surface area contributed by atoms with E-state index in [9.17, 15) is 5.11 Å². The third kappa shape index (κ3) is 3.01. The third-order valence-electron chi connectivity index (χ3n) is 2.50. The van der Waals surface area contributed by atoms with E-state index in [1.54, 1.807) is 0 Å². The molecule has 0 atom stereocenters. The Morgan fingerprint density at radius 2 is 1.89 bits per heavy atom. The van der Waals surface area contributed by atoms with Crippen molar-refractivity contribution in [2.45, 2.75) is 13.8 Å². The zero-order valence-corrected chi connectivity index (χ0v) is 14.0. The molecular weight excluding hydrogens is 399 g/mol. The molecule has 0 aliphatic carbocycles. The Morgan fingerprint density at radius 1 is 1.21 bits per heavy atom. The van der Waals surface area contributed by atoms with Crippen LogP contribution < -0.4 is 4.74 Å². The topological polar surface area (TPSA) is 55.2 Å². The summed E-state index contributed by atoms with van der Waals surface area (Å²) >= 11 is 12.6. The SMILES string of the molecule is Cc1cc(Br)c(C)c(Br)c1Oc1nnc(Cl)cc1O. The van der Waals surface area contributed by atoms with Crippen LogP contribution in [0.2, 0.25) is 5.15 Å². The highest BCUT2D eigenvalue weighted by Gasteiger charge is 2.15. The molecule has 0 amide bonds. The molecule has 0 spiro atoms. The van der Waals surface area contributed by atoms with Crippen LogP contribution in [0.25, 0.3) is 0 Å². The van der Waals surface area contributed by atoms with Gasteiger partial charge in [0.15, 0.2) is 10.9 Å². The van der Waals surface area contributed by atoms with Crippen molar-refractivity contribution in [3.05, 3.63) is 37.4 Å². The van der Waals surface area contributed by atoms with Crippen molar-refractivity contribution in [1.29, 1.82) is 0 Å². The van der Waals surface area contributed by atoms with E-state index in [-0.39, 0.29) is 16.8 Å². The molecule has 2 rings (SSSR count). The highest BCUT2D eigenvalue weighted by molar-refractivity contribution is 9.11. The normalized spacial score (nSPS) is 10.6. The van der Waals surface area contributed by atoms with E-state index in [1.165, 1.54) is 6.07 Å². The maximum absolute atomic E-state index is 9.72. The van der Waals surface area contributed by atoms with Gasteiger partial charge >= 0.3 is 0 Å². The number of rotatable bonds is 2. The summed E-state index contributed by atoms with van der Waals surface area (Å²) in [5.41, 5.74) is 1.88. The molecule has 0 bridgehead atoms. The van der Waals surface area contributed by atoms with Crippen molar-refractivity contribution in [2.24, 2.45) is 0 Å². The summed E-state index contributed by atoms with van der Waals surface area (Å²) in [6, 6.07) is 3.20. The van der Waals surface area contributed by atoms with Gasteiger partial charge in [0, 0.05) is 10.5 Å². The maximum Gasteiger partial charge on any atom is 0.281 e. The zero-order valence-electron chi connectivity index (χ0n) is 10.0. The molecule has 7 heteroatoms. The van der Waals surface area contributed by atoms with E-state index in [4.69, 9.17) is 16.3 Å². The van der Waals surface area contributed by atoms with Gasteiger partial charge in [0.1, 0.15) is 5.75 Å². The van der Waals surface area contributed by atoms with Gasteiger partial charge in [0.05, 0.1) is 4.47 Å². The molecule has 0 aliphatic rings. The second-order valence-electron chi connectivity index (χ2n) is 3.90. The molecule has 0 saturated carbocycles. The number of halogens is 3. The first-order valence-electron chi connectivity index (χ1n) is 5.25. The summed E-state index contributed by atoms with van der Waals surface area (Å²) in [6.07, 6.45) is 0. The Hall–Kier alpha value is -0.850. The highest BCUT2D eigenvalue weighted by Crippen LogP contribution is 2.40. The predicted octanol–water partition coefficient (Wildman–Crippen LogP) is 4.77. The van der Waals surface area contributed by atoms with Crippen LogP contribution in [0.4, 0.5) is 0 Å². The quantitative estimate of drug-likeness (QED) is 0.778. The maximum atomic E-state index is 9.72. The van der Waals surface area contributed by atoms with E-state index >= 15 is 0 Å². The summed E-state index contributed by atoms with van der Waals surface area (Å²) in [4.78, 5) is 0. The average Bonchev–Trinajstić information content (AvgIpc) is 2.34. The molecule has 1 heterocycles. The number of aromatic nitrogens is 2. The first kappa shape index (κ1) is 14.6. The molecule has 1 aromatic heterocycles. The standard InChI is InChI=1S/C12H9Br2ClN2O2/c1-5-3-7(13)6(2)10(14)11(5)19-12-8(18)4-9(15)16-17-12/h3-4H,1-2H3,(H,16,18). The molecule has 0 saturated heterocycles. The fourth-order valence-corrected chi connectivity index (χ4v) is 3.01. The Morgan fingerprint density at radius 3 is 2.53 bits per heavy atom. The van der Waals surface area contributed by atoms with Gasteiger partial charge in [-0.2, -0.15) is 0 Å². The van der Waals surface area contributed by atoms with Gasteiger partial charge in [0.2, 0.25) is 0 Å². The van der Waals surface area contributed by atoms with Gasteiger partial charge in [-0.1, -0.05) is 27.5 Å². The fourth-order valence-electron chi connectivity index (χ4n) is 1.45. The molecule has 1 aromatic carbocycles. The van der Waals surface area contributed by atoms with Crippen molar-refractivity contribution >= 4 is 43.5 Å². The Kier molecular flexibility index (Phi) is 4.32. The van der Waals surface area contributed by atoms with Crippen LogP contribution in [-0.2, 0) is 0 Å². The van der Waals surface area contributed by atoms with E-state index in [0.717, 1.165) is 20.1 Å². The Bertz CT molecular complexity index is 650. The molecule has 0 fully saturated rings. The molecule has 2 aromatic rings. The second-order valence-corrected chi connectivity index (χ2v) is 5.94. The van der Waals surface area contributed by atoms with E-state index < -0.39 is 0 Å². The Balaban J connectivity index is 2.47. The zero-order chi connectivity index (χ0) is 14.2. The summed E-state index contributed by atoms with van der Waals surface area (Å²) in [5.74, 6) is 0.425. The predicted molar refractivity (Wildman–Crippen MR) is 80.1 cm³/mol. The molecule has 100 valence electrons. The Labute approximate surface area is 132 Å². The van der Waals surface area contributed by atoms with Crippen molar-refractivity contribution in [1.82, 2.24) is 10.2 Å². The molecule has 4 nitrogen and oxygen atoms in total. The average molecular weight is 408 g/mol. The molecular formula is C12H9Br2ClN2O2. The second kappa shape index (κ2) is 5.64. The summed E-state index contributed by atoms with van der Waals surface area (Å²) in [7, 11) is 0. The van der Waals surface area contributed by atoms with Gasteiger partial charge in [-0.25, -0.2) is 0 Å². The number of hydrogen-bond donors (Lipinski definition) is 1. The van der Waals surface area contributed by atoms with Gasteiger partial charge in [-0.05, 0) is 47.0 Å². The van der Waals surface area contributed by atoms with Crippen molar-refractivity contribution in [2.75, 3.05) is 0 Å². The van der Waals surface area contributed by atoms with Gasteiger partial charge < -0.3 is 9.84 Å². The largest absolute Gasteiger partial charge is 0.503 e. The fraction of sp³-hybridized carbons (Fsp3) is 0.167. The van der Waals surface area contributed by atoms with Crippen molar-refractivity contribution in [3.8, 4) is 17.4 Å². The molecule has 0 radical (unpaired) electrons. The van der Waals surface area contributed by atoms with Crippen molar-refractivity contribution < 1.29 is 9.84 Å². The lowest BCUT2D eigenvalue weighted by Crippen LogP contribution is -1.96. The number of hydrogen-bond acceptors (Lipinski definition) is 4. The van der Waals surface area contributed by atoms with Crippen LogP contribution in [0.15, 0.2) is 21.1 Å². The van der Waals surface area contributed by atoms with Crippen LogP contribution in [-0.4, -0.2) is 15.3 Å². The van der Waals surface area contributed by atoms with Gasteiger partial charge in [-0.3, -0.25) is 0 Å². The lowest BCUT2D eigenvalue weighted by molar-refractivity contribution is 0.389. The molecule has 0 unspecified atom stereocenters. The highest BCUT2D eigenvalue weighted by atomic mass is 79.9.